The standard InChI is InChI=1S/C26H27NO5S2/c1-18-4-6-19(7-5-18)16-31-25(28)26(2,34(3,29)30)15-23-14-24(27-32-23)21-10-8-20(9-11-21)22-12-13-33-17-22/h4-13,17,23H,14-16H2,1-3H3/t23-,26-/m1/s1. The molecule has 0 fully saturated rings. The maximum Gasteiger partial charge on any atom is 0.327 e. The Bertz CT molecular complexity index is 1280. The van der Waals surface area contributed by atoms with Crippen LogP contribution in [0.5, 0.6) is 0 Å². The Morgan fingerprint density at radius 1 is 1.09 bits per heavy atom. The molecule has 178 valence electrons. The molecule has 1 aromatic heterocycles. The lowest BCUT2D eigenvalue weighted by Gasteiger charge is -2.27. The molecule has 3 aromatic rings. The van der Waals surface area contributed by atoms with Crippen LogP contribution in [-0.2, 0) is 30.8 Å². The normalized spacial score (nSPS) is 17.5. The van der Waals surface area contributed by atoms with Gasteiger partial charge in [0.2, 0.25) is 0 Å². The summed E-state index contributed by atoms with van der Waals surface area (Å²) in [5.74, 6) is -0.784. The maximum atomic E-state index is 12.9. The molecular formula is C26H27NO5S2. The molecule has 0 saturated carbocycles. The number of nitrogens with zero attached hydrogens (tertiary/aromatic N) is 1. The van der Waals surface area contributed by atoms with Gasteiger partial charge in [0.25, 0.3) is 0 Å². The Labute approximate surface area is 204 Å². The third kappa shape index (κ3) is 5.23. The quantitative estimate of drug-likeness (QED) is 0.402. The highest BCUT2D eigenvalue weighted by Crippen LogP contribution is 2.31. The number of hydrogen-bond donors (Lipinski definition) is 0. The predicted molar refractivity (Wildman–Crippen MR) is 135 cm³/mol. The van der Waals surface area contributed by atoms with Gasteiger partial charge in [-0.15, -0.1) is 0 Å². The second-order valence-electron chi connectivity index (χ2n) is 8.83. The molecule has 2 heterocycles. The number of thiophene rings is 1. The third-order valence-corrected chi connectivity index (χ3v) is 8.82. The fourth-order valence-electron chi connectivity index (χ4n) is 3.80. The van der Waals surface area contributed by atoms with E-state index in [-0.39, 0.29) is 13.0 Å². The van der Waals surface area contributed by atoms with Gasteiger partial charge in [0, 0.05) is 19.1 Å². The van der Waals surface area contributed by atoms with Gasteiger partial charge in [0.15, 0.2) is 14.6 Å². The largest absolute Gasteiger partial charge is 0.460 e. The summed E-state index contributed by atoms with van der Waals surface area (Å²) in [7, 11) is -3.78. The van der Waals surface area contributed by atoms with Gasteiger partial charge in [0.1, 0.15) is 12.7 Å². The van der Waals surface area contributed by atoms with Crippen LogP contribution in [0.25, 0.3) is 11.1 Å². The lowest BCUT2D eigenvalue weighted by atomic mass is 9.96. The van der Waals surface area contributed by atoms with Crippen LogP contribution in [0.15, 0.2) is 70.5 Å². The number of oxime groups is 1. The predicted octanol–water partition coefficient (Wildman–Crippen LogP) is 5.15. The van der Waals surface area contributed by atoms with Crippen LogP contribution < -0.4 is 0 Å². The van der Waals surface area contributed by atoms with Crippen molar-refractivity contribution in [2.75, 3.05) is 6.26 Å². The first-order valence-corrected chi connectivity index (χ1v) is 13.8. The van der Waals surface area contributed by atoms with Crippen LogP contribution in [0.1, 0.15) is 36.5 Å². The van der Waals surface area contributed by atoms with Crippen molar-refractivity contribution in [2.45, 2.75) is 44.1 Å². The molecule has 0 spiro atoms. The Morgan fingerprint density at radius 3 is 2.38 bits per heavy atom. The molecule has 34 heavy (non-hydrogen) atoms. The highest BCUT2D eigenvalue weighted by atomic mass is 32.2. The molecule has 0 N–H and O–H groups in total. The number of rotatable bonds is 8. The summed E-state index contributed by atoms with van der Waals surface area (Å²) < 4.78 is 29.0. The van der Waals surface area contributed by atoms with Crippen LogP contribution in [0.2, 0.25) is 0 Å². The average Bonchev–Trinajstić information content (AvgIpc) is 3.50. The summed E-state index contributed by atoms with van der Waals surface area (Å²) in [6.45, 7) is 3.37. The number of aryl methyl sites for hydroxylation is 1. The van der Waals surface area contributed by atoms with E-state index in [2.05, 4.69) is 16.6 Å². The van der Waals surface area contributed by atoms with Crippen LogP contribution in [0.3, 0.4) is 0 Å². The summed E-state index contributed by atoms with van der Waals surface area (Å²) >= 11 is 1.65. The van der Waals surface area contributed by atoms with Gasteiger partial charge in [-0.1, -0.05) is 59.3 Å². The summed E-state index contributed by atoms with van der Waals surface area (Å²) in [5, 5.41) is 8.30. The highest BCUT2D eigenvalue weighted by molar-refractivity contribution is 7.92. The first-order valence-electron chi connectivity index (χ1n) is 10.9. The zero-order chi connectivity index (χ0) is 24.3. The fourth-order valence-corrected chi connectivity index (χ4v) is 5.31. The van der Waals surface area contributed by atoms with E-state index in [1.807, 2.05) is 60.8 Å². The molecular weight excluding hydrogens is 470 g/mol. The van der Waals surface area contributed by atoms with E-state index in [1.165, 1.54) is 6.92 Å². The molecule has 2 aromatic carbocycles. The van der Waals surface area contributed by atoms with Crippen molar-refractivity contribution in [3.8, 4) is 11.1 Å². The summed E-state index contributed by atoms with van der Waals surface area (Å²) in [5.41, 5.74) is 5.79. The first kappa shape index (κ1) is 24.2. The number of hydrogen-bond acceptors (Lipinski definition) is 7. The van der Waals surface area contributed by atoms with Crippen molar-refractivity contribution < 1.29 is 22.8 Å². The van der Waals surface area contributed by atoms with Gasteiger partial charge < -0.3 is 9.57 Å². The van der Waals surface area contributed by atoms with Crippen molar-refractivity contribution in [1.29, 1.82) is 0 Å². The van der Waals surface area contributed by atoms with Gasteiger partial charge in [-0.3, -0.25) is 4.79 Å². The van der Waals surface area contributed by atoms with Crippen LogP contribution in [-0.4, -0.2) is 37.2 Å². The van der Waals surface area contributed by atoms with Crippen LogP contribution in [0.4, 0.5) is 0 Å². The van der Waals surface area contributed by atoms with Crippen LogP contribution >= 0.6 is 11.3 Å². The molecule has 0 saturated heterocycles. The van der Waals surface area contributed by atoms with Crippen molar-refractivity contribution in [3.63, 3.8) is 0 Å². The monoisotopic (exact) mass is 497 g/mol. The Morgan fingerprint density at radius 2 is 1.76 bits per heavy atom. The van der Waals surface area contributed by atoms with Gasteiger partial charge in [0.05, 0.1) is 5.71 Å². The van der Waals surface area contributed by atoms with E-state index >= 15 is 0 Å². The smallest absolute Gasteiger partial charge is 0.327 e. The Hall–Kier alpha value is -2.97. The Kier molecular flexibility index (Phi) is 6.91. The molecule has 1 aliphatic rings. The van der Waals surface area contributed by atoms with Gasteiger partial charge in [-0.2, -0.15) is 11.3 Å². The zero-order valence-corrected chi connectivity index (χ0v) is 21.0. The number of carbonyl (C=O) groups excluding carboxylic acids is 1. The molecule has 6 nitrogen and oxygen atoms in total. The molecule has 0 radical (unpaired) electrons. The number of esters is 1. The number of carbonyl (C=O) groups is 1. The zero-order valence-electron chi connectivity index (χ0n) is 19.4. The molecule has 8 heteroatoms. The molecule has 0 unspecified atom stereocenters. The van der Waals surface area contributed by atoms with Crippen molar-refractivity contribution in [3.05, 3.63) is 82.0 Å². The minimum Gasteiger partial charge on any atom is -0.460 e. The highest BCUT2D eigenvalue weighted by Gasteiger charge is 2.48. The minimum absolute atomic E-state index is 0.00791. The second-order valence-corrected chi connectivity index (χ2v) is 12.1. The van der Waals surface area contributed by atoms with E-state index in [9.17, 15) is 13.2 Å². The maximum absolute atomic E-state index is 12.9. The lowest BCUT2D eigenvalue weighted by Crippen LogP contribution is -2.46. The minimum atomic E-state index is -3.78. The van der Waals surface area contributed by atoms with Crippen molar-refractivity contribution >= 4 is 32.9 Å². The number of benzene rings is 2. The van der Waals surface area contributed by atoms with Gasteiger partial charge in [-0.05, 0) is 52.9 Å². The van der Waals surface area contributed by atoms with E-state index in [4.69, 9.17) is 9.57 Å². The summed E-state index contributed by atoms with van der Waals surface area (Å²) in [6, 6.07) is 17.6. The fraction of sp³-hybridized carbons (Fsp3) is 0.308. The van der Waals surface area contributed by atoms with E-state index in [0.29, 0.717) is 6.42 Å². The lowest BCUT2D eigenvalue weighted by molar-refractivity contribution is -0.148. The topological polar surface area (TPSA) is 82.0 Å². The summed E-state index contributed by atoms with van der Waals surface area (Å²) in [6.07, 6.45) is 0.880. The number of sulfone groups is 1. The third-order valence-electron chi connectivity index (χ3n) is 6.16. The molecule has 4 rings (SSSR count). The molecule has 2 atom stereocenters. The van der Waals surface area contributed by atoms with Gasteiger partial charge >= 0.3 is 5.97 Å². The second kappa shape index (κ2) is 9.72. The average molecular weight is 498 g/mol. The Balaban J connectivity index is 1.42. The molecule has 0 bridgehead atoms. The van der Waals surface area contributed by atoms with Crippen molar-refractivity contribution in [2.24, 2.45) is 5.16 Å². The number of ether oxygens (including phenoxy) is 1. The van der Waals surface area contributed by atoms with Gasteiger partial charge in [-0.25, -0.2) is 8.42 Å². The van der Waals surface area contributed by atoms with Crippen molar-refractivity contribution in [1.82, 2.24) is 0 Å². The first-order chi connectivity index (χ1) is 16.2. The summed E-state index contributed by atoms with van der Waals surface area (Å²) in [4.78, 5) is 18.5. The van der Waals surface area contributed by atoms with E-state index < -0.39 is 26.7 Å². The molecule has 0 aliphatic carbocycles. The molecule has 1 aliphatic heterocycles. The SMILES string of the molecule is Cc1ccc(COC(=O)[C@@](C)(C[C@H]2CC(c3ccc(-c4ccsc4)cc3)=NO2)S(C)(=O)=O)cc1. The molecule has 0 amide bonds. The van der Waals surface area contributed by atoms with Crippen LogP contribution in [0, 0.1) is 6.92 Å². The van der Waals surface area contributed by atoms with E-state index in [0.717, 1.165) is 39.8 Å². The van der Waals surface area contributed by atoms with E-state index in [1.54, 1.807) is 11.3 Å².